The molecule has 0 aliphatic carbocycles. The van der Waals surface area contributed by atoms with Crippen LogP contribution < -0.4 is 9.80 Å². The van der Waals surface area contributed by atoms with Gasteiger partial charge in [-0.25, -0.2) is 0 Å². The molecule has 7 nitrogen and oxygen atoms in total. The molecule has 2 saturated heterocycles. The number of hydrogen-bond donors (Lipinski definition) is 0. The smallest absolute Gasteiger partial charge is 0.253 e. The van der Waals surface area contributed by atoms with Crippen LogP contribution >= 0.6 is 0 Å². The lowest BCUT2D eigenvalue weighted by Crippen LogP contribution is -2.49. The number of carbonyl (C=O) groups is 1. The fraction of sp³-hybridized carbons (Fsp3) is 0.400. The molecule has 27 heavy (non-hydrogen) atoms. The van der Waals surface area contributed by atoms with E-state index in [2.05, 4.69) is 26.1 Å². The maximum atomic E-state index is 12.6. The maximum Gasteiger partial charge on any atom is 0.253 e. The third-order valence-corrected chi connectivity index (χ3v) is 5.22. The number of amides is 1. The van der Waals surface area contributed by atoms with Crippen LogP contribution in [-0.2, 0) is 0 Å². The Labute approximate surface area is 158 Å². The van der Waals surface area contributed by atoms with Crippen molar-refractivity contribution >= 4 is 17.5 Å². The van der Waals surface area contributed by atoms with Gasteiger partial charge in [-0.05, 0) is 49.2 Å². The normalized spacial score (nSPS) is 17.1. The van der Waals surface area contributed by atoms with Crippen molar-refractivity contribution in [3.63, 3.8) is 0 Å². The molecule has 0 radical (unpaired) electrons. The van der Waals surface area contributed by atoms with Crippen molar-refractivity contribution in [3.05, 3.63) is 47.5 Å². The number of aromatic nitrogens is 2. The van der Waals surface area contributed by atoms with Crippen LogP contribution in [0.4, 0.5) is 11.6 Å². The molecule has 0 bridgehead atoms. The molecule has 7 heteroatoms. The van der Waals surface area contributed by atoms with Gasteiger partial charge in [-0.15, -0.1) is 10.2 Å². The van der Waals surface area contributed by atoms with Crippen LogP contribution in [0.5, 0.6) is 0 Å². The van der Waals surface area contributed by atoms with E-state index in [4.69, 9.17) is 5.26 Å². The molecule has 2 aromatic rings. The molecule has 138 valence electrons. The van der Waals surface area contributed by atoms with Gasteiger partial charge in [0.15, 0.2) is 11.6 Å². The molecule has 0 unspecified atom stereocenters. The van der Waals surface area contributed by atoms with Crippen molar-refractivity contribution in [2.75, 3.05) is 49.1 Å². The van der Waals surface area contributed by atoms with E-state index in [0.29, 0.717) is 24.2 Å². The topological polar surface area (TPSA) is 76.4 Å². The molecule has 0 N–H and O–H groups in total. The van der Waals surface area contributed by atoms with Gasteiger partial charge in [0.25, 0.3) is 5.91 Å². The summed E-state index contributed by atoms with van der Waals surface area (Å²) in [4.78, 5) is 18.9. The van der Waals surface area contributed by atoms with E-state index < -0.39 is 0 Å². The standard InChI is InChI=1S/C20H22N6O/c21-15-16-3-5-17(6-4-16)20(27)26-13-11-25(12-14-26)19-8-7-18(22-23-19)24-9-1-2-10-24/h3-8H,1-2,9-14H2. The Morgan fingerprint density at radius 3 is 1.89 bits per heavy atom. The zero-order chi connectivity index (χ0) is 18.6. The zero-order valence-corrected chi connectivity index (χ0v) is 15.2. The molecule has 1 aromatic carbocycles. The summed E-state index contributed by atoms with van der Waals surface area (Å²) in [7, 11) is 0. The Hall–Kier alpha value is -3.14. The molecular weight excluding hydrogens is 340 g/mol. The molecule has 2 aliphatic heterocycles. The van der Waals surface area contributed by atoms with Gasteiger partial charge >= 0.3 is 0 Å². The first-order valence-corrected chi connectivity index (χ1v) is 9.38. The Morgan fingerprint density at radius 2 is 1.37 bits per heavy atom. The summed E-state index contributed by atoms with van der Waals surface area (Å²) >= 11 is 0. The number of benzene rings is 1. The summed E-state index contributed by atoms with van der Waals surface area (Å²) < 4.78 is 0. The van der Waals surface area contributed by atoms with Gasteiger partial charge in [-0.1, -0.05) is 0 Å². The largest absolute Gasteiger partial charge is 0.355 e. The first-order chi connectivity index (χ1) is 13.2. The minimum Gasteiger partial charge on any atom is -0.355 e. The van der Waals surface area contributed by atoms with Crippen LogP contribution in [0.25, 0.3) is 0 Å². The van der Waals surface area contributed by atoms with Crippen LogP contribution in [0, 0.1) is 11.3 Å². The van der Waals surface area contributed by atoms with Crippen LogP contribution in [0.2, 0.25) is 0 Å². The van der Waals surface area contributed by atoms with Gasteiger partial charge in [0.05, 0.1) is 11.6 Å². The summed E-state index contributed by atoms with van der Waals surface area (Å²) in [6.45, 7) is 4.89. The van der Waals surface area contributed by atoms with E-state index in [0.717, 1.165) is 37.8 Å². The molecule has 0 spiro atoms. The Bertz CT molecular complexity index is 828. The molecule has 4 rings (SSSR count). The van der Waals surface area contributed by atoms with Crippen molar-refractivity contribution < 1.29 is 4.79 Å². The number of carbonyl (C=O) groups excluding carboxylic acids is 1. The molecule has 3 heterocycles. The van der Waals surface area contributed by atoms with Gasteiger partial charge in [0.2, 0.25) is 0 Å². The number of nitriles is 1. The summed E-state index contributed by atoms with van der Waals surface area (Å²) in [6, 6.07) is 12.9. The minimum atomic E-state index is 0.00889. The fourth-order valence-corrected chi connectivity index (χ4v) is 3.61. The number of hydrogen-bond acceptors (Lipinski definition) is 6. The van der Waals surface area contributed by atoms with Crippen LogP contribution in [0.1, 0.15) is 28.8 Å². The Balaban J connectivity index is 1.35. The van der Waals surface area contributed by atoms with Gasteiger partial charge in [-0.3, -0.25) is 4.79 Å². The molecular formula is C20H22N6O. The number of rotatable bonds is 3. The second-order valence-electron chi connectivity index (χ2n) is 6.91. The molecule has 0 atom stereocenters. The monoisotopic (exact) mass is 362 g/mol. The van der Waals surface area contributed by atoms with E-state index >= 15 is 0 Å². The molecule has 2 fully saturated rings. The van der Waals surface area contributed by atoms with E-state index in [9.17, 15) is 4.79 Å². The van der Waals surface area contributed by atoms with E-state index in [1.165, 1.54) is 12.8 Å². The highest BCUT2D eigenvalue weighted by Crippen LogP contribution is 2.20. The van der Waals surface area contributed by atoms with Crippen molar-refractivity contribution in [2.45, 2.75) is 12.8 Å². The summed E-state index contributed by atoms with van der Waals surface area (Å²) in [5.41, 5.74) is 1.18. The first-order valence-electron chi connectivity index (χ1n) is 9.38. The summed E-state index contributed by atoms with van der Waals surface area (Å²) in [5.74, 6) is 1.82. The van der Waals surface area contributed by atoms with Crippen LogP contribution in [0.15, 0.2) is 36.4 Å². The molecule has 0 saturated carbocycles. The second-order valence-corrected chi connectivity index (χ2v) is 6.91. The number of anilines is 2. The molecule has 1 amide bonds. The quantitative estimate of drug-likeness (QED) is 0.830. The first kappa shape index (κ1) is 17.3. The minimum absolute atomic E-state index is 0.00889. The lowest BCUT2D eigenvalue weighted by atomic mass is 10.1. The van der Waals surface area contributed by atoms with Crippen molar-refractivity contribution in [3.8, 4) is 6.07 Å². The van der Waals surface area contributed by atoms with E-state index in [1.54, 1.807) is 24.3 Å². The predicted molar refractivity (Wildman–Crippen MR) is 103 cm³/mol. The lowest BCUT2D eigenvalue weighted by molar-refractivity contribution is 0.0746. The SMILES string of the molecule is N#Cc1ccc(C(=O)N2CCN(c3ccc(N4CCCC4)nn3)CC2)cc1. The molecule has 1 aromatic heterocycles. The van der Waals surface area contributed by atoms with Gasteiger partial charge in [-0.2, -0.15) is 5.26 Å². The summed E-state index contributed by atoms with van der Waals surface area (Å²) in [6.07, 6.45) is 2.44. The molecule has 2 aliphatic rings. The van der Waals surface area contributed by atoms with E-state index in [1.807, 2.05) is 17.0 Å². The number of piperazine rings is 1. The third-order valence-electron chi connectivity index (χ3n) is 5.22. The third kappa shape index (κ3) is 3.70. The highest BCUT2D eigenvalue weighted by molar-refractivity contribution is 5.94. The van der Waals surface area contributed by atoms with Crippen LogP contribution in [-0.4, -0.2) is 60.3 Å². The average Bonchev–Trinajstić information content (AvgIpc) is 3.28. The van der Waals surface area contributed by atoms with Gasteiger partial charge in [0, 0.05) is 44.8 Å². The van der Waals surface area contributed by atoms with Gasteiger partial charge in [0.1, 0.15) is 0 Å². The zero-order valence-electron chi connectivity index (χ0n) is 15.2. The maximum absolute atomic E-state index is 12.6. The van der Waals surface area contributed by atoms with Crippen molar-refractivity contribution in [2.24, 2.45) is 0 Å². The number of nitrogens with zero attached hydrogens (tertiary/aromatic N) is 6. The van der Waals surface area contributed by atoms with Gasteiger partial charge < -0.3 is 14.7 Å². The van der Waals surface area contributed by atoms with E-state index in [-0.39, 0.29) is 5.91 Å². The van der Waals surface area contributed by atoms with Crippen LogP contribution in [0.3, 0.4) is 0 Å². The van der Waals surface area contributed by atoms with Crippen molar-refractivity contribution in [1.82, 2.24) is 15.1 Å². The predicted octanol–water partition coefficient (Wildman–Crippen LogP) is 1.91. The Kier molecular flexibility index (Phi) is 4.88. The lowest BCUT2D eigenvalue weighted by Gasteiger charge is -2.35. The second kappa shape index (κ2) is 7.62. The fourth-order valence-electron chi connectivity index (χ4n) is 3.61. The average molecular weight is 362 g/mol. The van der Waals surface area contributed by atoms with Crippen molar-refractivity contribution in [1.29, 1.82) is 5.26 Å². The Morgan fingerprint density at radius 1 is 0.815 bits per heavy atom. The summed E-state index contributed by atoms with van der Waals surface area (Å²) in [5, 5.41) is 17.6. The highest BCUT2D eigenvalue weighted by atomic mass is 16.2. The highest BCUT2D eigenvalue weighted by Gasteiger charge is 2.23.